The molecule has 2 aromatic rings. The first-order chi connectivity index (χ1) is 7.04. The Kier molecular flexibility index (Phi) is 1.82. The van der Waals surface area contributed by atoms with E-state index in [2.05, 4.69) is 0 Å². The topological polar surface area (TPSA) is 88.5 Å². The number of rotatable bonds is 1. The maximum Gasteiger partial charge on any atom is 0.354 e. The van der Waals surface area contributed by atoms with Crippen molar-refractivity contribution in [3.05, 3.63) is 23.9 Å². The highest BCUT2D eigenvalue weighted by atomic mass is 16.4. The van der Waals surface area contributed by atoms with Gasteiger partial charge in [0, 0.05) is 12.4 Å². The fraction of sp³-hybridized carbons (Fsp3) is 0.100. The molecule has 78 valence electrons. The SMILES string of the molecule is Cn1c(C(=O)O)c(N)c2cccc(O)c21. The van der Waals surface area contributed by atoms with Crippen LogP contribution in [0, 0.1) is 0 Å². The van der Waals surface area contributed by atoms with Crippen molar-refractivity contribution in [2.24, 2.45) is 7.05 Å². The minimum absolute atomic E-state index is 0.00787. The first-order valence-corrected chi connectivity index (χ1v) is 4.33. The van der Waals surface area contributed by atoms with E-state index in [4.69, 9.17) is 10.8 Å². The van der Waals surface area contributed by atoms with Crippen molar-refractivity contribution in [3.63, 3.8) is 0 Å². The summed E-state index contributed by atoms with van der Waals surface area (Å²) in [4.78, 5) is 10.9. The molecule has 0 atom stereocenters. The van der Waals surface area contributed by atoms with E-state index in [1.54, 1.807) is 19.2 Å². The van der Waals surface area contributed by atoms with Crippen LogP contribution in [-0.2, 0) is 7.05 Å². The summed E-state index contributed by atoms with van der Waals surface area (Å²) in [6.45, 7) is 0. The third-order valence-corrected chi connectivity index (χ3v) is 2.43. The van der Waals surface area contributed by atoms with Gasteiger partial charge in [0.25, 0.3) is 0 Å². The second kappa shape index (κ2) is 2.91. The third kappa shape index (κ3) is 1.13. The summed E-state index contributed by atoms with van der Waals surface area (Å²) in [5.41, 5.74) is 6.30. The zero-order valence-electron chi connectivity index (χ0n) is 8.06. The Balaban J connectivity index is 2.98. The number of anilines is 1. The second-order valence-corrected chi connectivity index (χ2v) is 3.30. The number of aromatic carboxylic acids is 1. The lowest BCUT2D eigenvalue weighted by Gasteiger charge is -2.00. The molecule has 0 aliphatic heterocycles. The zero-order chi connectivity index (χ0) is 11.2. The van der Waals surface area contributed by atoms with E-state index in [0.717, 1.165) is 0 Å². The number of aromatic hydroxyl groups is 1. The standard InChI is InChI=1S/C10H10N2O3/c1-12-8-5(3-2-4-6(8)13)7(11)9(12)10(14)15/h2-4,13H,11H2,1H3,(H,14,15). The molecule has 15 heavy (non-hydrogen) atoms. The highest BCUT2D eigenvalue weighted by Gasteiger charge is 2.19. The van der Waals surface area contributed by atoms with E-state index in [-0.39, 0.29) is 17.1 Å². The quantitative estimate of drug-likeness (QED) is 0.653. The van der Waals surface area contributed by atoms with Gasteiger partial charge in [0.15, 0.2) is 5.69 Å². The van der Waals surface area contributed by atoms with Crippen LogP contribution in [0.3, 0.4) is 0 Å². The molecule has 2 rings (SSSR count). The molecule has 0 aliphatic carbocycles. The minimum Gasteiger partial charge on any atom is -0.506 e. The molecular formula is C10H10N2O3. The van der Waals surface area contributed by atoms with Crippen LogP contribution >= 0.6 is 0 Å². The molecule has 1 aromatic carbocycles. The molecule has 0 aliphatic rings. The lowest BCUT2D eigenvalue weighted by Crippen LogP contribution is -2.06. The van der Waals surface area contributed by atoms with Crippen LogP contribution in [-0.4, -0.2) is 20.7 Å². The van der Waals surface area contributed by atoms with Crippen LogP contribution in [0.1, 0.15) is 10.5 Å². The van der Waals surface area contributed by atoms with Crippen molar-refractivity contribution in [1.82, 2.24) is 4.57 Å². The summed E-state index contributed by atoms with van der Waals surface area (Å²) in [5.74, 6) is -1.08. The van der Waals surface area contributed by atoms with Gasteiger partial charge in [-0.05, 0) is 6.07 Å². The van der Waals surface area contributed by atoms with Gasteiger partial charge in [-0.25, -0.2) is 4.79 Å². The number of benzene rings is 1. The normalized spacial score (nSPS) is 10.7. The molecule has 0 unspecified atom stereocenters. The van der Waals surface area contributed by atoms with Gasteiger partial charge < -0.3 is 20.5 Å². The van der Waals surface area contributed by atoms with Crippen molar-refractivity contribution in [3.8, 4) is 5.75 Å². The van der Waals surface area contributed by atoms with Crippen LogP contribution < -0.4 is 5.73 Å². The molecule has 5 heteroatoms. The molecule has 4 N–H and O–H groups in total. The summed E-state index contributed by atoms with van der Waals surface area (Å²) in [7, 11) is 1.56. The Hall–Kier alpha value is -2.17. The molecule has 0 saturated carbocycles. The van der Waals surface area contributed by atoms with Gasteiger partial charge in [-0.3, -0.25) is 0 Å². The number of nitrogens with two attached hydrogens (primary N) is 1. The van der Waals surface area contributed by atoms with Gasteiger partial charge in [-0.1, -0.05) is 12.1 Å². The van der Waals surface area contributed by atoms with E-state index in [1.165, 1.54) is 10.6 Å². The molecule has 0 amide bonds. The average molecular weight is 206 g/mol. The number of nitrogens with zero attached hydrogens (tertiary/aromatic N) is 1. The van der Waals surface area contributed by atoms with Gasteiger partial charge >= 0.3 is 5.97 Å². The zero-order valence-corrected chi connectivity index (χ0v) is 8.06. The van der Waals surface area contributed by atoms with Crippen LogP contribution in [0.15, 0.2) is 18.2 Å². The number of carboxylic acids is 1. The molecular weight excluding hydrogens is 196 g/mol. The summed E-state index contributed by atoms with van der Waals surface area (Å²) in [6.07, 6.45) is 0. The fourth-order valence-corrected chi connectivity index (χ4v) is 1.78. The van der Waals surface area contributed by atoms with E-state index < -0.39 is 5.97 Å². The number of carbonyl (C=O) groups is 1. The van der Waals surface area contributed by atoms with Crippen molar-refractivity contribution >= 4 is 22.6 Å². The van der Waals surface area contributed by atoms with Gasteiger partial charge in [-0.2, -0.15) is 0 Å². The average Bonchev–Trinajstić information content (AvgIpc) is 2.40. The van der Waals surface area contributed by atoms with Gasteiger partial charge in [0.1, 0.15) is 5.75 Å². The number of hydrogen-bond acceptors (Lipinski definition) is 3. The number of hydrogen-bond donors (Lipinski definition) is 3. The van der Waals surface area contributed by atoms with Gasteiger partial charge in [-0.15, -0.1) is 0 Å². The summed E-state index contributed by atoms with van der Waals surface area (Å²) in [6, 6.07) is 4.80. The molecule has 0 spiro atoms. The predicted octanol–water partition coefficient (Wildman–Crippen LogP) is 1.16. The van der Waals surface area contributed by atoms with Crippen molar-refractivity contribution in [1.29, 1.82) is 0 Å². The maximum absolute atomic E-state index is 10.9. The molecule has 1 aromatic heterocycles. The maximum atomic E-state index is 10.9. The number of carboxylic acid groups (broad SMARTS) is 1. The van der Waals surface area contributed by atoms with Crippen LogP contribution in [0.2, 0.25) is 0 Å². The smallest absolute Gasteiger partial charge is 0.354 e. The number of aromatic nitrogens is 1. The minimum atomic E-state index is -1.11. The van der Waals surface area contributed by atoms with E-state index >= 15 is 0 Å². The third-order valence-electron chi connectivity index (χ3n) is 2.43. The summed E-state index contributed by atoms with van der Waals surface area (Å²) >= 11 is 0. The number of para-hydroxylation sites is 1. The van der Waals surface area contributed by atoms with Crippen molar-refractivity contribution in [2.45, 2.75) is 0 Å². The Morgan fingerprint density at radius 3 is 2.67 bits per heavy atom. The first-order valence-electron chi connectivity index (χ1n) is 4.33. The summed E-state index contributed by atoms with van der Waals surface area (Å²) in [5, 5.41) is 19.1. The highest BCUT2D eigenvalue weighted by molar-refractivity contribution is 6.06. The van der Waals surface area contributed by atoms with Crippen molar-refractivity contribution in [2.75, 3.05) is 5.73 Å². The number of fused-ring (bicyclic) bond motifs is 1. The van der Waals surface area contributed by atoms with Gasteiger partial charge in [0.05, 0.1) is 11.2 Å². The predicted molar refractivity (Wildman–Crippen MR) is 56.0 cm³/mol. The molecule has 0 radical (unpaired) electrons. The Labute approximate surface area is 85.4 Å². The van der Waals surface area contributed by atoms with Crippen LogP contribution in [0.5, 0.6) is 5.75 Å². The number of phenolic OH excluding ortho intramolecular Hbond substituents is 1. The Bertz CT molecular complexity index is 557. The molecule has 0 saturated heterocycles. The molecule has 5 nitrogen and oxygen atoms in total. The van der Waals surface area contributed by atoms with Crippen LogP contribution in [0.4, 0.5) is 5.69 Å². The summed E-state index contributed by atoms with van der Waals surface area (Å²) < 4.78 is 1.38. The van der Waals surface area contributed by atoms with E-state index in [9.17, 15) is 9.90 Å². The lowest BCUT2D eigenvalue weighted by atomic mass is 10.2. The molecule has 1 heterocycles. The molecule has 0 fully saturated rings. The van der Waals surface area contributed by atoms with E-state index in [0.29, 0.717) is 10.9 Å². The monoisotopic (exact) mass is 206 g/mol. The Morgan fingerprint density at radius 1 is 1.47 bits per heavy atom. The number of aryl methyl sites for hydroxylation is 1. The second-order valence-electron chi connectivity index (χ2n) is 3.30. The fourth-order valence-electron chi connectivity index (χ4n) is 1.78. The highest BCUT2D eigenvalue weighted by Crippen LogP contribution is 2.33. The van der Waals surface area contributed by atoms with Crippen LogP contribution in [0.25, 0.3) is 10.9 Å². The number of nitrogen functional groups attached to an aromatic ring is 1. The molecule has 0 bridgehead atoms. The first kappa shape index (κ1) is 9.39. The lowest BCUT2D eigenvalue weighted by molar-refractivity contribution is 0.0688. The largest absolute Gasteiger partial charge is 0.506 e. The van der Waals surface area contributed by atoms with E-state index in [1.807, 2.05) is 0 Å². The number of phenols is 1. The van der Waals surface area contributed by atoms with Crippen molar-refractivity contribution < 1.29 is 15.0 Å². The Morgan fingerprint density at radius 2 is 2.13 bits per heavy atom. The van der Waals surface area contributed by atoms with Gasteiger partial charge in [0.2, 0.25) is 0 Å².